The molecule has 3 saturated carbocycles. The van der Waals surface area contributed by atoms with E-state index in [-0.39, 0.29) is 18.5 Å². The fourth-order valence-corrected chi connectivity index (χ4v) is 7.43. The highest BCUT2D eigenvalue weighted by atomic mass is 16.6. The second-order valence-electron chi connectivity index (χ2n) is 11.2. The van der Waals surface area contributed by atoms with E-state index in [1.165, 1.54) is 37.7 Å². The summed E-state index contributed by atoms with van der Waals surface area (Å²) in [6.07, 6.45) is 12.8. The van der Waals surface area contributed by atoms with Crippen molar-refractivity contribution in [3.63, 3.8) is 0 Å². The highest BCUT2D eigenvalue weighted by Crippen LogP contribution is 2.63. The highest BCUT2D eigenvalue weighted by Gasteiger charge is 2.54. The van der Waals surface area contributed by atoms with Gasteiger partial charge in [-0.2, -0.15) is 0 Å². The van der Waals surface area contributed by atoms with E-state index >= 15 is 0 Å². The average molecular weight is 445 g/mol. The quantitative estimate of drug-likeness (QED) is 0.501. The summed E-state index contributed by atoms with van der Waals surface area (Å²) >= 11 is 0. The second-order valence-corrected chi connectivity index (χ2v) is 11.2. The van der Waals surface area contributed by atoms with Crippen molar-refractivity contribution in [1.82, 2.24) is 0 Å². The van der Waals surface area contributed by atoms with Gasteiger partial charge < -0.3 is 9.47 Å². The number of ketones is 1. The molecule has 32 heavy (non-hydrogen) atoms. The average Bonchev–Trinajstić information content (AvgIpc) is 3.12. The lowest BCUT2D eigenvalue weighted by atomic mass is 9.52. The molecule has 5 nitrogen and oxygen atoms in total. The summed E-state index contributed by atoms with van der Waals surface area (Å²) in [5.41, 5.74) is 1.86. The number of esters is 2. The predicted molar refractivity (Wildman–Crippen MR) is 122 cm³/mol. The van der Waals surface area contributed by atoms with Gasteiger partial charge in [0.2, 0.25) is 0 Å². The van der Waals surface area contributed by atoms with Gasteiger partial charge in [0.25, 0.3) is 0 Å². The normalized spacial score (nSPS) is 36.9. The van der Waals surface area contributed by atoms with E-state index < -0.39 is 5.97 Å². The number of rotatable bonds is 7. The highest BCUT2D eigenvalue weighted by molar-refractivity contribution is 5.91. The van der Waals surface area contributed by atoms with Crippen molar-refractivity contribution in [2.45, 2.75) is 85.0 Å². The second kappa shape index (κ2) is 9.69. The van der Waals surface area contributed by atoms with E-state index in [1.807, 2.05) is 13.0 Å². The van der Waals surface area contributed by atoms with Crippen LogP contribution in [0.15, 0.2) is 11.6 Å². The minimum Gasteiger partial charge on any atom is -0.463 e. The van der Waals surface area contributed by atoms with Crippen molar-refractivity contribution < 1.29 is 23.9 Å². The van der Waals surface area contributed by atoms with Crippen molar-refractivity contribution in [1.29, 1.82) is 0 Å². The Hall–Kier alpha value is -1.65. The zero-order valence-corrected chi connectivity index (χ0v) is 20.1. The molecule has 0 aliphatic heterocycles. The van der Waals surface area contributed by atoms with Gasteiger partial charge in [-0.25, -0.2) is 4.79 Å². The van der Waals surface area contributed by atoms with Gasteiger partial charge in [-0.3, -0.25) is 9.59 Å². The number of hydrogen-bond donors (Lipinski definition) is 0. The molecule has 4 aliphatic rings. The van der Waals surface area contributed by atoms with Gasteiger partial charge in [0.05, 0.1) is 12.5 Å². The van der Waals surface area contributed by atoms with Crippen LogP contribution in [0.3, 0.4) is 0 Å². The van der Waals surface area contributed by atoms with Gasteiger partial charge in [0.15, 0.2) is 12.4 Å². The van der Waals surface area contributed by atoms with Gasteiger partial charge in [0.1, 0.15) is 0 Å². The monoisotopic (exact) mass is 444 g/mol. The smallest absolute Gasteiger partial charge is 0.344 e. The molecule has 0 N–H and O–H groups in total. The number of ether oxygens (including phenoxy) is 2. The third-order valence-electron chi connectivity index (χ3n) is 9.30. The fraction of sp³-hybridized carbons (Fsp3) is 0.815. The van der Waals surface area contributed by atoms with Crippen LogP contribution in [-0.2, 0) is 23.9 Å². The van der Waals surface area contributed by atoms with E-state index in [0.717, 1.165) is 43.4 Å². The maximum absolute atomic E-state index is 12.0. The molecule has 4 aliphatic carbocycles. The molecule has 0 spiro atoms. The lowest BCUT2D eigenvalue weighted by Gasteiger charge is -2.52. The summed E-state index contributed by atoms with van der Waals surface area (Å²) in [6, 6.07) is 0. The Bertz CT molecular complexity index is 770. The first-order chi connectivity index (χ1) is 15.3. The summed E-state index contributed by atoms with van der Waals surface area (Å²) in [4.78, 5) is 35.6. The van der Waals surface area contributed by atoms with E-state index in [4.69, 9.17) is 9.47 Å². The summed E-state index contributed by atoms with van der Waals surface area (Å²) in [5, 5.41) is 0. The number of carbonyl (C=O) groups excluding carboxylic acids is 3. The third kappa shape index (κ3) is 4.82. The molecule has 0 aromatic heterocycles. The van der Waals surface area contributed by atoms with Crippen LogP contribution in [0.2, 0.25) is 0 Å². The lowest BCUT2D eigenvalue weighted by Crippen LogP contribution is -2.44. The van der Waals surface area contributed by atoms with Gasteiger partial charge in [0, 0.05) is 6.42 Å². The topological polar surface area (TPSA) is 69.7 Å². The van der Waals surface area contributed by atoms with Crippen LogP contribution in [0.1, 0.15) is 85.0 Å². The fourth-order valence-electron chi connectivity index (χ4n) is 7.43. The van der Waals surface area contributed by atoms with Crippen LogP contribution in [0, 0.1) is 40.9 Å². The molecule has 5 heteroatoms. The van der Waals surface area contributed by atoms with Crippen molar-refractivity contribution in [2.24, 2.45) is 40.9 Å². The Labute approximate surface area is 192 Å². The van der Waals surface area contributed by atoms with E-state index in [9.17, 15) is 14.4 Å². The molecular weight excluding hydrogens is 404 g/mol. The van der Waals surface area contributed by atoms with E-state index in [0.29, 0.717) is 36.1 Å². The van der Waals surface area contributed by atoms with E-state index in [1.54, 1.807) is 6.92 Å². The van der Waals surface area contributed by atoms with Crippen LogP contribution in [0.4, 0.5) is 0 Å². The zero-order chi connectivity index (χ0) is 22.9. The molecule has 0 aromatic rings. The van der Waals surface area contributed by atoms with Gasteiger partial charge in [-0.05, 0) is 98.9 Å². The van der Waals surface area contributed by atoms with Crippen molar-refractivity contribution in [3.05, 3.63) is 11.6 Å². The van der Waals surface area contributed by atoms with Crippen LogP contribution in [0.25, 0.3) is 0 Å². The summed E-state index contributed by atoms with van der Waals surface area (Å²) in [7, 11) is 0. The minimum atomic E-state index is -0.443. The molecule has 7 atom stereocenters. The van der Waals surface area contributed by atoms with Crippen LogP contribution in [-0.4, -0.2) is 30.9 Å². The molecule has 0 heterocycles. The lowest BCUT2D eigenvalue weighted by molar-refractivity contribution is -0.161. The molecule has 4 rings (SSSR count). The van der Waals surface area contributed by atoms with Gasteiger partial charge >= 0.3 is 11.9 Å². The summed E-state index contributed by atoms with van der Waals surface area (Å²) in [6.45, 7) is 6.35. The van der Waals surface area contributed by atoms with Crippen molar-refractivity contribution in [3.8, 4) is 0 Å². The van der Waals surface area contributed by atoms with Crippen LogP contribution >= 0.6 is 0 Å². The number of fused-ring (bicyclic) bond motifs is 5. The molecule has 0 aromatic carbocycles. The Kier molecular flexibility index (Phi) is 7.11. The maximum atomic E-state index is 12.0. The summed E-state index contributed by atoms with van der Waals surface area (Å²) in [5.74, 6) is 2.93. The molecule has 0 saturated heterocycles. The van der Waals surface area contributed by atoms with Gasteiger partial charge in [-0.1, -0.05) is 26.3 Å². The zero-order valence-electron chi connectivity index (χ0n) is 20.1. The minimum absolute atomic E-state index is 0.186. The van der Waals surface area contributed by atoms with Crippen LogP contribution in [0.5, 0.6) is 0 Å². The molecule has 3 fully saturated rings. The molecule has 1 unspecified atom stereocenters. The first kappa shape index (κ1) is 23.5. The largest absolute Gasteiger partial charge is 0.463 e. The molecule has 0 amide bonds. The number of hydrogen-bond acceptors (Lipinski definition) is 5. The SMILES string of the molecule is CCC(C)C(=O)OCC(=O)OCC[C@H]1C[C@H]2[C@@H]3CCC4=CC(=O)CC[C@@H]4[C@H]3CC[C@]2(C)C1. The van der Waals surface area contributed by atoms with Gasteiger partial charge in [-0.15, -0.1) is 0 Å². The Morgan fingerprint density at radius 1 is 1.16 bits per heavy atom. The summed E-state index contributed by atoms with van der Waals surface area (Å²) < 4.78 is 10.4. The number of carbonyl (C=O) groups is 3. The number of allylic oxidation sites excluding steroid dienone is 1. The molecule has 0 radical (unpaired) electrons. The first-order valence-electron chi connectivity index (χ1n) is 12.9. The molecular formula is C27H40O5. The Morgan fingerprint density at radius 2 is 1.97 bits per heavy atom. The first-order valence-corrected chi connectivity index (χ1v) is 12.9. The van der Waals surface area contributed by atoms with Crippen molar-refractivity contribution >= 4 is 17.7 Å². The van der Waals surface area contributed by atoms with Crippen LogP contribution < -0.4 is 0 Å². The molecule has 0 bridgehead atoms. The maximum Gasteiger partial charge on any atom is 0.344 e. The standard InChI is InChI=1S/C27H40O5/c1-4-17(2)26(30)32-16-25(29)31-12-10-18-13-24-23-7-5-19-14-20(28)6-8-21(19)22(23)9-11-27(24,3)15-18/h14,17-18,21-24H,4-13,15-16H2,1-3H3/t17?,18-,21-,22+,23+,24-,27+/m0/s1. The Balaban J connectivity index is 1.26. The third-order valence-corrected chi connectivity index (χ3v) is 9.30. The Morgan fingerprint density at radius 3 is 2.75 bits per heavy atom. The molecule has 178 valence electrons. The predicted octanol–water partition coefficient (Wildman–Crippen LogP) is 5.27. The van der Waals surface area contributed by atoms with Crippen molar-refractivity contribution in [2.75, 3.05) is 13.2 Å². The van der Waals surface area contributed by atoms with E-state index in [2.05, 4.69) is 6.92 Å².